The number of nitrogens with zero attached hydrogens (tertiary/aromatic N) is 3. The lowest BCUT2D eigenvalue weighted by atomic mass is 10.3. The largest absolute Gasteiger partial charge is 0.493 e. The number of nitrogens with two attached hydrogens (primary N) is 1. The van der Waals surface area contributed by atoms with Crippen molar-refractivity contribution in [3.8, 4) is 11.5 Å². The van der Waals surface area contributed by atoms with Gasteiger partial charge >= 0.3 is 0 Å². The molecule has 3 aromatic rings. The summed E-state index contributed by atoms with van der Waals surface area (Å²) in [5.41, 5.74) is 0. The Labute approximate surface area is 159 Å². The lowest BCUT2D eigenvalue weighted by Gasteiger charge is -2.07. The lowest BCUT2D eigenvalue weighted by Crippen LogP contribution is -2.16. The van der Waals surface area contributed by atoms with Crippen LogP contribution in [0.5, 0.6) is 11.5 Å². The van der Waals surface area contributed by atoms with Gasteiger partial charge in [0.15, 0.2) is 17.4 Å². The number of hydrogen-bond acceptors (Lipinski definition) is 6. The molecule has 0 saturated carbocycles. The van der Waals surface area contributed by atoms with Gasteiger partial charge in [0.25, 0.3) is 0 Å². The number of hydrogen-bond donors (Lipinski definition) is 1. The first-order valence-corrected chi connectivity index (χ1v) is 9.07. The highest BCUT2D eigenvalue weighted by molar-refractivity contribution is 7.99. The van der Waals surface area contributed by atoms with Crippen LogP contribution in [0.3, 0.4) is 0 Å². The minimum absolute atomic E-state index is 0.0201. The van der Waals surface area contributed by atoms with Crippen LogP contribution in [0.4, 0.5) is 4.39 Å². The number of ether oxygens (including phenoxy) is 2. The van der Waals surface area contributed by atoms with Gasteiger partial charge < -0.3 is 15.3 Å². The van der Waals surface area contributed by atoms with Gasteiger partial charge in [-0.1, -0.05) is 35.5 Å². The molecule has 0 aliphatic carbocycles. The standard InChI is InChI=1S/C17H16ClFN4O2S/c18-12-5-7-13(8-6-12)24-9-10-26-17-22-21-16(23(17)20)11-25-15-4-2-1-3-14(15)19/h1-8H,9-11,20H2. The van der Waals surface area contributed by atoms with Crippen LogP contribution in [0.25, 0.3) is 0 Å². The van der Waals surface area contributed by atoms with E-state index in [-0.39, 0.29) is 12.4 Å². The third kappa shape index (κ3) is 4.80. The Morgan fingerprint density at radius 3 is 2.62 bits per heavy atom. The second kappa shape index (κ2) is 8.77. The molecule has 0 radical (unpaired) electrons. The molecule has 26 heavy (non-hydrogen) atoms. The molecule has 0 unspecified atom stereocenters. The summed E-state index contributed by atoms with van der Waals surface area (Å²) in [6.45, 7) is 0.493. The number of halogens is 2. The summed E-state index contributed by atoms with van der Waals surface area (Å²) in [6, 6.07) is 13.3. The fourth-order valence-corrected chi connectivity index (χ4v) is 2.85. The van der Waals surface area contributed by atoms with Crippen molar-refractivity contribution in [3.05, 3.63) is 65.2 Å². The van der Waals surface area contributed by atoms with E-state index in [0.717, 1.165) is 5.75 Å². The molecular weight excluding hydrogens is 379 g/mol. The van der Waals surface area contributed by atoms with Crippen molar-refractivity contribution >= 4 is 23.4 Å². The molecule has 0 fully saturated rings. The van der Waals surface area contributed by atoms with E-state index in [9.17, 15) is 4.39 Å². The van der Waals surface area contributed by atoms with Gasteiger partial charge in [0.1, 0.15) is 12.4 Å². The van der Waals surface area contributed by atoms with Crippen LogP contribution in [-0.4, -0.2) is 27.2 Å². The Morgan fingerprint density at radius 1 is 1.08 bits per heavy atom. The number of para-hydroxylation sites is 1. The molecule has 9 heteroatoms. The average molecular weight is 395 g/mol. The third-order valence-electron chi connectivity index (χ3n) is 3.33. The molecule has 1 aromatic heterocycles. The Hall–Kier alpha value is -2.45. The smallest absolute Gasteiger partial charge is 0.210 e. The zero-order chi connectivity index (χ0) is 18.4. The van der Waals surface area contributed by atoms with Gasteiger partial charge in [-0.25, -0.2) is 9.07 Å². The first-order chi connectivity index (χ1) is 12.6. The van der Waals surface area contributed by atoms with Crippen molar-refractivity contribution in [2.45, 2.75) is 11.8 Å². The SMILES string of the molecule is Nn1c(COc2ccccc2F)nnc1SCCOc1ccc(Cl)cc1. The molecule has 2 N–H and O–H groups in total. The number of nitrogen functional groups attached to an aromatic ring is 1. The fraction of sp³-hybridized carbons (Fsp3) is 0.176. The molecule has 3 rings (SSSR count). The van der Waals surface area contributed by atoms with Crippen LogP contribution < -0.4 is 15.3 Å². The maximum atomic E-state index is 13.5. The molecule has 136 valence electrons. The van der Waals surface area contributed by atoms with Crippen LogP contribution in [-0.2, 0) is 6.61 Å². The minimum atomic E-state index is -0.440. The normalized spacial score (nSPS) is 10.7. The summed E-state index contributed by atoms with van der Waals surface area (Å²) in [7, 11) is 0. The van der Waals surface area contributed by atoms with Crippen molar-refractivity contribution in [3.63, 3.8) is 0 Å². The summed E-state index contributed by atoms with van der Waals surface area (Å²) in [4.78, 5) is 0. The molecule has 0 spiro atoms. The molecule has 1 heterocycles. The predicted octanol–water partition coefficient (Wildman–Crippen LogP) is 3.53. The molecule has 0 aliphatic heterocycles. The lowest BCUT2D eigenvalue weighted by molar-refractivity contribution is 0.277. The topological polar surface area (TPSA) is 75.2 Å². The highest BCUT2D eigenvalue weighted by Gasteiger charge is 2.12. The van der Waals surface area contributed by atoms with E-state index in [2.05, 4.69) is 10.2 Å². The van der Waals surface area contributed by atoms with Crippen molar-refractivity contribution in [1.82, 2.24) is 14.9 Å². The Bertz CT molecular complexity index is 860. The van der Waals surface area contributed by atoms with Crippen LogP contribution >= 0.6 is 23.4 Å². The van der Waals surface area contributed by atoms with E-state index in [1.165, 1.54) is 28.6 Å². The summed E-state index contributed by atoms with van der Waals surface area (Å²) in [6.07, 6.45) is 0. The quantitative estimate of drug-likeness (QED) is 0.358. The van der Waals surface area contributed by atoms with Crippen molar-refractivity contribution in [2.75, 3.05) is 18.2 Å². The fourth-order valence-electron chi connectivity index (χ4n) is 2.03. The summed E-state index contributed by atoms with van der Waals surface area (Å²) >= 11 is 7.22. The number of benzene rings is 2. The number of rotatable bonds is 8. The second-order valence-electron chi connectivity index (χ2n) is 5.14. The molecule has 0 bridgehead atoms. The van der Waals surface area contributed by atoms with E-state index < -0.39 is 5.82 Å². The van der Waals surface area contributed by atoms with Crippen LogP contribution in [0, 0.1) is 5.82 Å². The molecular formula is C17H16ClFN4O2S. The van der Waals surface area contributed by atoms with Gasteiger partial charge in [-0.15, -0.1) is 10.2 Å². The monoisotopic (exact) mass is 394 g/mol. The zero-order valence-electron chi connectivity index (χ0n) is 13.6. The van der Waals surface area contributed by atoms with Gasteiger partial charge in [-0.3, -0.25) is 0 Å². The van der Waals surface area contributed by atoms with E-state index in [1.807, 2.05) is 0 Å². The third-order valence-corrected chi connectivity index (χ3v) is 4.48. The van der Waals surface area contributed by atoms with Crippen molar-refractivity contribution < 1.29 is 13.9 Å². The highest BCUT2D eigenvalue weighted by Crippen LogP contribution is 2.19. The number of aromatic nitrogens is 3. The zero-order valence-corrected chi connectivity index (χ0v) is 15.2. The summed E-state index contributed by atoms with van der Waals surface area (Å²) in [5, 5.41) is 9.17. The Balaban J connectivity index is 1.47. The van der Waals surface area contributed by atoms with Gasteiger partial charge in [0.2, 0.25) is 5.16 Å². The maximum absolute atomic E-state index is 13.5. The van der Waals surface area contributed by atoms with Crippen LogP contribution in [0.1, 0.15) is 5.82 Å². The Morgan fingerprint density at radius 2 is 1.85 bits per heavy atom. The van der Waals surface area contributed by atoms with E-state index in [0.29, 0.717) is 28.4 Å². The van der Waals surface area contributed by atoms with Crippen molar-refractivity contribution in [1.29, 1.82) is 0 Å². The molecule has 6 nitrogen and oxygen atoms in total. The average Bonchev–Trinajstić information content (AvgIpc) is 2.99. The molecule has 2 aromatic carbocycles. The minimum Gasteiger partial charge on any atom is -0.493 e. The molecule has 0 aliphatic rings. The maximum Gasteiger partial charge on any atom is 0.210 e. The van der Waals surface area contributed by atoms with Gasteiger partial charge in [0, 0.05) is 10.8 Å². The summed E-state index contributed by atoms with van der Waals surface area (Å²) in [5.74, 6) is 7.42. The number of thioether (sulfide) groups is 1. The first-order valence-electron chi connectivity index (χ1n) is 7.71. The van der Waals surface area contributed by atoms with E-state index >= 15 is 0 Å². The first kappa shape index (κ1) is 18.3. The predicted molar refractivity (Wildman–Crippen MR) is 98.6 cm³/mol. The highest BCUT2D eigenvalue weighted by atomic mass is 35.5. The van der Waals surface area contributed by atoms with Gasteiger partial charge in [0.05, 0.1) is 6.61 Å². The van der Waals surface area contributed by atoms with E-state index in [1.54, 1.807) is 36.4 Å². The summed E-state index contributed by atoms with van der Waals surface area (Å²) < 4.78 is 25.9. The van der Waals surface area contributed by atoms with Gasteiger partial charge in [-0.05, 0) is 36.4 Å². The second-order valence-corrected chi connectivity index (χ2v) is 6.64. The van der Waals surface area contributed by atoms with E-state index in [4.69, 9.17) is 26.9 Å². The van der Waals surface area contributed by atoms with Crippen molar-refractivity contribution in [2.24, 2.45) is 0 Å². The van der Waals surface area contributed by atoms with Gasteiger partial charge in [-0.2, -0.15) is 0 Å². The Kier molecular flexibility index (Phi) is 6.19. The van der Waals surface area contributed by atoms with Crippen LogP contribution in [0.2, 0.25) is 5.02 Å². The molecule has 0 amide bonds. The molecule has 0 saturated heterocycles. The van der Waals surface area contributed by atoms with Crippen LogP contribution in [0.15, 0.2) is 53.7 Å². The molecule has 0 atom stereocenters.